The third-order valence-corrected chi connectivity index (χ3v) is 4.41. The number of epoxide rings is 1. The molecule has 1 unspecified atom stereocenters. The van der Waals surface area contributed by atoms with Gasteiger partial charge in [-0.15, -0.1) is 0 Å². The molecule has 1 saturated heterocycles. The van der Waals surface area contributed by atoms with Crippen LogP contribution in [0.5, 0.6) is 0 Å². The largest absolute Gasteiger partial charge is 0.372 e. The summed E-state index contributed by atoms with van der Waals surface area (Å²) in [5, 5.41) is 0. The molecule has 1 heterocycles. The molecule has 0 aromatic heterocycles. The van der Waals surface area contributed by atoms with Gasteiger partial charge in [0.15, 0.2) is 0 Å². The highest BCUT2D eigenvalue weighted by Crippen LogP contribution is 2.50. The minimum Gasteiger partial charge on any atom is -0.372 e. The molecule has 0 aliphatic carbocycles. The summed E-state index contributed by atoms with van der Waals surface area (Å²) in [6, 6.07) is 0. The van der Waals surface area contributed by atoms with Crippen LogP contribution in [0.4, 0.5) is 0 Å². The number of rotatable bonds is 10. The fourth-order valence-electron chi connectivity index (χ4n) is 1.26. The molecule has 1 aliphatic rings. The van der Waals surface area contributed by atoms with E-state index in [9.17, 15) is 4.57 Å². The number of hydrogen-bond acceptors (Lipinski definition) is 4. The van der Waals surface area contributed by atoms with E-state index in [2.05, 4.69) is 13.8 Å². The van der Waals surface area contributed by atoms with Crippen molar-refractivity contribution in [3.05, 3.63) is 0 Å². The van der Waals surface area contributed by atoms with Crippen LogP contribution in [0.25, 0.3) is 0 Å². The van der Waals surface area contributed by atoms with Crippen molar-refractivity contribution in [3.63, 3.8) is 0 Å². The molecule has 5 heteroatoms. The van der Waals surface area contributed by atoms with E-state index < -0.39 is 7.60 Å². The summed E-state index contributed by atoms with van der Waals surface area (Å²) in [4.78, 5) is 0. The molecule has 1 aliphatic heterocycles. The van der Waals surface area contributed by atoms with Crippen molar-refractivity contribution in [2.45, 2.75) is 45.6 Å². The summed E-state index contributed by atoms with van der Waals surface area (Å²) < 4.78 is 28.2. The Morgan fingerprint density at radius 2 is 1.69 bits per heavy atom. The van der Waals surface area contributed by atoms with Crippen LogP contribution in [0, 0.1) is 0 Å². The van der Waals surface area contributed by atoms with Crippen molar-refractivity contribution in [3.8, 4) is 0 Å². The van der Waals surface area contributed by atoms with Crippen LogP contribution in [0.3, 0.4) is 0 Å². The van der Waals surface area contributed by atoms with Crippen molar-refractivity contribution >= 4 is 7.60 Å². The van der Waals surface area contributed by atoms with Gasteiger partial charge in [-0.2, -0.15) is 0 Å². The van der Waals surface area contributed by atoms with Gasteiger partial charge in [-0.3, -0.25) is 4.57 Å². The zero-order valence-electron chi connectivity index (χ0n) is 10.3. The van der Waals surface area contributed by atoms with Crippen LogP contribution in [0.2, 0.25) is 0 Å². The lowest BCUT2D eigenvalue weighted by atomic mass is 10.4. The second kappa shape index (κ2) is 7.44. The summed E-state index contributed by atoms with van der Waals surface area (Å²) >= 11 is 0. The lowest BCUT2D eigenvalue weighted by Crippen LogP contribution is -2.06. The van der Waals surface area contributed by atoms with E-state index in [-0.39, 0.29) is 6.10 Å². The first kappa shape index (κ1) is 14.2. The Labute approximate surface area is 98.2 Å². The third kappa shape index (κ3) is 6.00. The van der Waals surface area contributed by atoms with Crippen molar-refractivity contribution < 1.29 is 18.3 Å². The van der Waals surface area contributed by atoms with E-state index in [4.69, 9.17) is 13.8 Å². The molecular formula is C11H23O4P. The standard InChI is InChI=1S/C11H23O4P/c1-3-5-7-14-16(12,10-11-9-13-11)15-8-6-4-2/h11H,3-10H2,1-2H3. The fraction of sp³-hybridized carbons (Fsp3) is 1.00. The molecule has 0 aromatic rings. The van der Waals surface area contributed by atoms with E-state index >= 15 is 0 Å². The number of ether oxygens (including phenoxy) is 1. The molecule has 16 heavy (non-hydrogen) atoms. The number of hydrogen-bond donors (Lipinski definition) is 0. The molecule has 0 amide bonds. The summed E-state index contributed by atoms with van der Waals surface area (Å²) in [5.74, 6) is 0. The van der Waals surface area contributed by atoms with Gasteiger partial charge < -0.3 is 13.8 Å². The van der Waals surface area contributed by atoms with Crippen LogP contribution in [0.15, 0.2) is 0 Å². The van der Waals surface area contributed by atoms with Gasteiger partial charge in [0.2, 0.25) is 0 Å². The minimum atomic E-state index is -2.90. The van der Waals surface area contributed by atoms with Gasteiger partial charge in [0, 0.05) is 0 Å². The van der Waals surface area contributed by atoms with Crippen LogP contribution in [-0.2, 0) is 18.3 Å². The molecule has 0 radical (unpaired) electrons. The average Bonchev–Trinajstić information content (AvgIpc) is 3.02. The van der Waals surface area contributed by atoms with Crippen molar-refractivity contribution in [1.29, 1.82) is 0 Å². The second-order valence-corrected chi connectivity index (χ2v) is 6.23. The first-order valence-corrected chi connectivity index (χ1v) is 7.92. The van der Waals surface area contributed by atoms with Crippen LogP contribution >= 0.6 is 7.60 Å². The van der Waals surface area contributed by atoms with Gasteiger partial charge in [0.1, 0.15) is 0 Å². The van der Waals surface area contributed by atoms with Gasteiger partial charge >= 0.3 is 7.60 Å². The first-order chi connectivity index (χ1) is 7.70. The van der Waals surface area contributed by atoms with E-state index in [0.29, 0.717) is 26.0 Å². The van der Waals surface area contributed by atoms with E-state index in [0.717, 1.165) is 25.7 Å². The lowest BCUT2D eigenvalue weighted by molar-refractivity contribution is 0.197. The highest BCUT2D eigenvalue weighted by Gasteiger charge is 2.35. The van der Waals surface area contributed by atoms with E-state index in [1.165, 1.54) is 0 Å². The average molecular weight is 250 g/mol. The van der Waals surface area contributed by atoms with Crippen LogP contribution in [-0.4, -0.2) is 32.1 Å². The molecule has 4 nitrogen and oxygen atoms in total. The van der Waals surface area contributed by atoms with Gasteiger partial charge in [-0.25, -0.2) is 0 Å². The Bertz CT molecular complexity index is 214. The van der Waals surface area contributed by atoms with Gasteiger partial charge in [-0.1, -0.05) is 26.7 Å². The molecule has 0 aromatic carbocycles. The Morgan fingerprint density at radius 3 is 2.06 bits per heavy atom. The molecular weight excluding hydrogens is 227 g/mol. The molecule has 0 bridgehead atoms. The van der Waals surface area contributed by atoms with Gasteiger partial charge in [0.25, 0.3) is 0 Å². The zero-order valence-corrected chi connectivity index (χ0v) is 11.2. The molecule has 0 N–H and O–H groups in total. The molecule has 96 valence electrons. The highest BCUT2D eigenvalue weighted by molar-refractivity contribution is 7.53. The molecule has 0 saturated carbocycles. The third-order valence-electron chi connectivity index (χ3n) is 2.40. The Balaban J connectivity index is 2.29. The maximum atomic E-state index is 12.3. The fourth-order valence-corrected chi connectivity index (χ4v) is 3.07. The maximum absolute atomic E-state index is 12.3. The summed E-state index contributed by atoms with van der Waals surface area (Å²) in [7, 11) is -2.90. The normalized spacial score (nSPS) is 20.0. The van der Waals surface area contributed by atoms with Gasteiger partial charge in [-0.05, 0) is 12.8 Å². The molecule has 1 atom stereocenters. The highest BCUT2D eigenvalue weighted by atomic mass is 31.2. The quantitative estimate of drug-likeness (QED) is 0.339. The second-order valence-electron chi connectivity index (χ2n) is 4.12. The lowest BCUT2D eigenvalue weighted by Gasteiger charge is -2.17. The smallest absolute Gasteiger partial charge is 0.333 e. The molecule has 1 rings (SSSR count). The van der Waals surface area contributed by atoms with Crippen molar-refractivity contribution in [2.75, 3.05) is 26.0 Å². The van der Waals surface area contributed by atoms with Crippen LogP contribution < -0.4 is 0 Å². The molecule has 1 fully saturated rings. The Morgan fingerprint density at radius 1 is 1.19 bits per heavy atom. The van der Waals surface area contributed by atoms with Crippen molar-refractivity contribution in [1.82, 2.24) is 0 Å². The topological polar surface area (TPSA) is 48.1 Å². The SMILES string of the molecule is CCCCOP(=O)(CC1CO1)OCCCC. The summed E-state index contributed by atoms with van der Waals surface area (Å²) in [6.07, 6.45) is 4.43. The zero-order chi connectivity index (χ0) is 11.9. The van der Waals surface area contributed by atoms with Gasteiger partial charge in [0.05, 0.1) is 32.1 Å². The molecule has 0 spiro atoms. The van der Waals surface area contributed by atoms with Crippen molar-refractivity contribution in [2.24, 2.45) is 0 Å². The summed E-state index contributed by atoms with van der Waals surface area (Å²) in [5.41, 5.74) is 0. The monoisotopic (exact) mass is 250 g/mol. The number of unbranched alkanes of at least 4 members (excludes halogenated alkanes) is 2. The first-order valence-electron chi connectivity index (χ1n) is 6.20. The maximum Gasteiger partial charge on any atom is 0.333 e. The van der Waals surface area contributed by atoms with E-state index in [1.807, 2.05) is 0 Å². The summed E-state index contributed by atoms with van der Waals surface area (Å²) in [6.45, 7) is 5.89. The minimum absolute atomic E-state index is 0.0917. The predicted octanol–water partition coefficient (Wildman–Crippen LogP) is 3.21. The predicted molar refractivity (Wildman–Crippen MR) is 63.9 cm³/mol. The van der Waals surface area contributed by atoms with E-state index in [1.54, 1.807) is 0 Å². The van der Waals surface area contributed by atoms with Crippen LogP contribution in [0.1, 0.15) is 39.5 Å². The Hall–Kier alpha value is 0.110. The Kier molecular flexibility index (Phi) is 6.59.